The molecule has 2 aromatic rings. The van der Waals surface area contributed by atoms with E-state index in [9.17, 15) is 0 Å². The second kappa shape index (κ2) is 3.54. The second-order valence-electron chi connectivity index (χ2n) is 3.37. The van der Waals surface area contributed by atoms with Crippen molar-refractivity contribution in [2.45, 2.75) is 6.54 Å². The van der Waals surface area contributed by atoms with Gasteiger partial charge in [0.15, 0.2) is 12.7 Å². The lowest BCUT2D eigenvalue weighted by Crippen LogP contribution is -3.00. The predicted molar refractivity (Wildman–Crippen MR) is 51.2 cm³/mol. The third-order valence-electron chi connectivity index (χ3n) is 2.57. The molecule has 14 heavy (non-hydrogen) atoms. The molecule has 0 saturated carbocycles. The number of nitrogens with zero attached hydrogens (tertiary/aromatic N) is 1. The zero-order valence-electron chi connectivity index (χ0n) is 7.65. The maximum absolute atomic E-state index is 2.28. The molecule has 0 bridgehead atoms. The Kier molecular flexibility index (Phi) is 2.38. The molecule has 1 aromatic carbocycles. The lowest BCUT2D eigenvalue weighted by Gasteiger charge is -1.90. The Morgan fingerprint density at radius 1 is 0.929 bits per heavy atom. The smallest absolute Gasteiger partial charge is 0.213 e. The molecule has 1 aromatic heterocycles. The van der Waals surface area contributed by atoms with E-state index in [1.165, 1.54) is 16.8 Å². The maximum atomic E-state index is 2.28. The summed E-state index contributed by atoms with van der Waals surface area (Å²) >= 11 is 0. The van der Waals surface area contributed by atoms with Crippen LogP contribution in [0, 0.1) is 0 Å². The Morgan fingerprint density at radius 2 is 1.71 bits per heavy atom. The Bertz CT molecular complexity index is 422. The Hall–Kier alpha value is -1.15. The van der Waals surface area contributed by atoms with Crippen molar-refractivity contribution in [1.82, 2.24) is 0 Å². The summed E-state index contributed by atoms with van der Waals surface area (Å²) in [6.07, 6.45) is 2.13. The van der Waals surface area contributed by atoms with Crippen molar-refractivity contribution in [3.05, 3.63) is 54.2 Å². The molecule has 0 radical (unpaired) electrons. The minimum Gasteiger partial charge on any atom is -1.00 e. The number of rotatable bonds is 0. The van der Waals surface area contributed by atoms with Crippen LogP contribution in [0.4, 0.5) is 0 Å². The van der Waals surface area contributed by atoms with Gasteiger partial charge < -0.3 is 17.0 Å². The second-order valence-corrected chi connectivity index (χ2v) is 3.37. The molecule has 70 valence electrons. The summed E-state index contributed by atoms with van der Waals surface area (Å²) in [4.78, 5) is 0. The van der Waals surface area contributed by atoms with Crippen LogP contribution in [0.2, 0.25) is 0 Å². The highest BCUT2D eigenvalue weighted by Gasteiger charge is 2.23. The predicted octanol–water partition coefficient (Wildman–Crippen LogP) is -0.993. The quantitative estimate of drug-likeness (QED) is 0.450. The van der Waals surface area contributed by atoms with Gasteiger partial charge in [-0.2, -0.15) is 4.57 Å². The summed E-state index contributed by atoms with van der Waals surface area (Å²) in [7, 11) is 0. The number of fused-ring (bicyclic) bond motifs is 3. The van der Waals surface area contributed by atoms with Crippen molar-refractivity contribution in [3.63, 3.8) is 0 Å². The van der Waals surface area contributed by atoms with Crippen molar-refractivity contribution in [2.75, 3.05) is 0 Å². The standard InChI is InChI=1S/C12H10N.BrH/c1-2-6-11-10(5-1)9-13-8-4-3-7-12(11)13;/h1-8H,9H2;1H/q+1;/p-1. The van der Waals surface area contributed by atoms with Crippen LogP contribution in [0.1, 0.15) is 5.56 Å². The van der Waals surface area contributed by atoms with Gasteiger partial charge in [0.25, 0.3) is 0 Å². The van der Waals surface area contributed by atoms with Gasteiger partial charge in [0.2, 0.25) is 5.69 Å². The van der Waals surface area contributed by atoms with E-state index in [2.05, 4.69) is 53.2 Å². The maximum Gasteiger partial charge on any atom is 0.213 e. The Morgan fingerprint density at radius 3 is 2.64 bits per heavy atom. The van der Waals surface area contributed by atoms with E-state index < -0.39 is 0 Å². The highest BCUT2D eigenvalue weighted by Crippen LogP contribution is 2.24. The molecule has 1 nitrogen and oxygen atoms in total. The van der Waals surface area contributed by atoms with Crippen molar-refractivity contribution in [3.8, 4) is 11.3 Å². The van der Waals surface area contributed by atoms with Gasteiger partial charge in [0.1, 0.15) is 0 Å². The monoisotopic (exact) mass is 247 g/mol. The van der Waals surface area contributed by atoms with Gasteiger partial charge in [-0.25, -0.2) is 0 Å². The van der Waals surface area contributed by atoms with Crippen LogP contribution in [-0.2, 0) is 6.54 Å². The highest BCUT2D eigenvalue weighted by molar-refractivity contribution is 5.62. The molecule has 0 N–H and O–H groups in total. The fourth-order valence-corrected chi connectivity index (χ4v) is 1.95. The molecule has 2 heterocycles. The number of hydrogen-bond acceptors (Lipinski definition) is 0. The van der Waals surface area contributed by atoms with Gasteiger partial charge in [-0.05, 0) is 12.1 Å². The molecule has 0 aliphatic carbocycles. The first-order chi connectivity index (χ1) is 6.45. The van der Waals surface area contributed by atoms with E-state index in [0.29, 0.717) is 0 Å². The summed E-state index contributed by atoms with van der Waals surface area (Å²) in [6, 6.07) is 14.9. The molecular formula is C12H10BrN. The lowest BCUT2D eigenvalue weighted by atomic mass is 10.1. The molecule has 0 atom stereocenters. The molecule has 3 rings (SSSR count). The topological polar surface area (TPSA) is 3.88 Å². The molecule has 0 spiro atoms. The Balaban J connectivity index is 0.000000750. The fourth-order valence-electron chi connectivity index (χ4n) is 1.95. The van der Waals surface area contributed by atoms with Crippen LogP contribution in [0.25, 0.3) is 11.3 Å². The zero-order chi connectivity index (χ0) is 8.67. The number of benzene rings is 1. The number of hydrogen-bond donors (Lipinski definition) is 0. The summed E-state index contributed by atoms with van der Waals surface area (Å²) in [5.41, 5.74) is 4.13. The van der Waals surface area contributed by atoms with Crippen molar-refractivity contribution >= 4 is 0 Å². The first-order valence-corrected chi connectivity index (χ1v) is 4.52. The SMILES string of the molecule is [Br-].c1ccc2c(c1)C[n+]1ccccc1-2. The molecule has 0 amide bonds. The number of pyridine rings is 1. The van der Waals surface area contributed by atoms with E-state index >= 15 is 0 Å². The van der Waals surface area contributed by atoms with Crippen LogP contribution >= 0.6 is 0 Å². The van der Waals surface area contributed by atoms with Gasteiger partial charge in [-0.15, -0.1) is 0 Å². The van der Waals surface area contributed by atoms with Crippen LogP contribution < -0.4 is 21.5 Å². The van der Waals surface area contributed by atoms with E-state index in [1.54, 1.807) is 0 Å². The molecule has 2 heteroatoms. The van der Waals surface area contributed by atoms with Crippen LogP contribution in [0.5, 0.6) is 0 Å². The minimum atomic E-state index is 0. The number of aromatic nitrogens is 1. The normalized spacial score (nSPS) is 11.4. The molecule has 0 saturated heterocycles. The summed E-state index contributed by atoms with van der Waals surface area (Å²) < 4.78 is 2.28. The zero-order valence-corrected chi connectivity index (χ0v) is 9.24. The largest absolute Gasteiger partial charge is 1.00 e. The third-order valence-corrected chi connectivity index (χ3v) is 2.57. The van der Waals surface area contributed by atoms with Crippen LogP contribution in [0.3, 0.4) is 0 Å². The van der Waals surface area contributed by atoms with E-state index in [1.807, 2.05) is 0 Å². The summed E-state index contributed by atoms with van der Waals surface area (Å²) in [6.45, 7) is 1.02. The molecule has 1 aliphatic heterocycles. The average molecular weight is 248 g/mol. The van der Waals surface area contributed by atoms with Gasteiger partial charge in [0.05, 0.1) is 5.56 Å². The summed E-state index contributed by atoms with van der Waals surface area (Å²) in [5.74, 6) is 0. The third kappa shape index (κ3) is 1.26. The van der Waals surface area contributed by atoms with Crippen molar-refractivity contribution in [2.24, 2.45) is 0 Å². The minimum absolute atomic E-state index is 0. The first-order valence-electron chi connectivity index (χ1n) is 4.52. The van der Waals surface area contributed by atoms with E-state index in [4.69, 9.17) is 0 Å². The van der Waals surface area contributed by atoms with Crippen LogP contribution in [0.15, 0.2) is 48.7 Å². The number of halogens is 1. The van der Waals surface area contributed by atoms with Crippen molar-refractivity contribution in [1.29, 1.82) is 0 Å². The highest BCUT2D eigenvalue weighted by atomic mass is 79.9. The van der Waals surface area contributed by atoms with Gasteiger partial charge in [-0.3, -0.25) is 0 Å². The summed E-state index contributed by atoms with van der Waals surface area (Å²) in [5, 5.41) is 0. The Labute approximate surface area is 93.8 Å². The molecular weight excluding hydrogens is 238 g/mol. The van der Waals surface area contributed by atoms with Gasteiger partial charge in [0, 0.05) is 17.7 Å². The van der Waals surface area contributed by atoms with E-state index in [-0.39, 0.29) is 17.0 Å². The van der Waals surface area contributed by atoms with Gasteiger partial charge in [-0.1, -0.05) is 18.2 Å². The van der Waals surface area contributed by atoms with Crippen molar-refractivity contribution < 1.29 is 21.5 Å². The fraction of sp³-hybridized carbons (Fsp3) is 0.0833. The van der Waals surface area contributed by atoms with Crippen LogP contribution in [-0.4, -0.2) is 0 Å². The molecule has 0 unspecified atom stereocenters. The molecule has 1 aliphatic rings. The van der Waals surface area contributed by atoms with Gasteiger partial charge >= 0.3 is 0 Å². The lowest BCUT2D eigenvalue weighted by molar-refractivity contribution is -0.672. The first kappa shape index (κ1) is 9.41. The molecule has 0 fully saturated rings. The van der Waals surface area contributed by atoms with E-state index in [0.717, 1.165) is 6.54 Å². The average Bonchev–Trinajstić information content (AvgIpc) is 2.56.